The van der Waals surface area contributed by atoms with Crippen molar-refractivity contribution in [3.8, 4) is 0 Å². The van der Waals surface area contributed by atoms with Gasteiger partial charge in [-0.3, -0.25) is 9.35 Å². The summed E-state index contributed by atoms with van der Waals surface area (Å²) in [6.45, 7) is 7.59. The van der Waals surface area contributed by atoms with Crippen LogP contribution in [-0.2, 0) is 14.9 Å². The molecule has 0 saturated heterocycles. The van der Waals surface area contributed by atoms with E-state index in [1.807, 2.05) is 5.32 Å². The van der Waals surface area contributed by atoms with Crippen molar-refractivity contribution in [1.29, 1.82) is 0 Å². The molecule has 0 unspecified atom stereocenters. The van der Waals surface area contributed by atoms with Gasteiger partial charge in [0.25, 0.3) is 5.91 Å². The minimum atomic E-state index is -4.40. The molecule has 0 fully saturated rings. The lowest BCUT2D eigenvalue weighted by molar-refractivity contribution is -0.116. The number of nitrogens with one attached hydrogen (secondary N) is 1. The summed E-state index contributed by atoms with van der Waals surface area (Å²) in [5.41, 5.74) is 0.125. The number of rotatable bonds is 3. The Morgan fingerprint density at radius 3 is 2.08 bits per heavy atom. The minimum absolute atomic E-state index is 0.125. The van der Waals surface area contributed by atoms with Gasteiger partial charge >= 0.3 is 10.1 Å². The topological polar surface area (TPSA) is 83.5 Å². The standard InChI is InChI=1S/C6H9NO4S/c1-4(2)6(8)7-5(3)12(9,10)11/h1,3H2,2H3,(H,7,8)(H,9,10,11). The second-order valence-corrected chi connectivity index (χ2v) is 3.58. The number of carbonyl (C=O) groups excluding carboxylic acids is 1. The fourth-order valence-electron chi connectivity index (χ4n) is 0.298. The molecule has 0 aromatic carbocycles. The van der Waals surface area contributed by atoms with Crippen molar-refractivity contribution in [3.63, 3.8) is 0 Å². The largest absolute Gasteiger partial charge is 0.311 e. The molecular formula is C6H9NO4S. The Balaban J connectivity index is 4.42. The fourth-order valence-corrected chi connectivity index (χ4v) is 0.519. The molecule has 0 saturated carbocycles. The first-order valence-corrected chi connectivity index (χ1v) is 4.32. The van der Waals surface area contributed by atoms with E-state index in [9.17, 15) is 13.2 Å². The molecule has 0 radical (unpaired) electrons. The minimum Gasteiger partial charge on any atom is -0.311 e. The van der Waals surface area contributed by atoms with Crippen LogP contribution in [0.2, 0.25) is 0 Å². The normalized spacial score (nSPS) is 10.5. The summed E-state index contributed by atoms with van der Waals surface area (Å²) in [7, 11) is -4.40. The van der Waals surface area contributed by atoms with Gasteiger partial charge in [-0.25, -0.2) is 0 Å². The van der Waals surface area contributed by atoms with Crippen LogP contribution in [-0.4, -0.2) is 18.9 Å². The number of carbonyl (C=O) groups is 1. The van der Waals surface area contributed by atoms with Crippen LogP contribution in [0.5, 0.6) is 0 Å². The molecule has 0 aliphatic carbocycles. The molecular weight excluding hydrogens is 182 g/mol. The van der Waals surface area contributed by atoms with Crippen molar-refractivity contribution >= 4 is 16.0 Å². The highest BCUT2D eigenvalue weighted by Gasteiger charge is 2.13. The van der Waals surface area contributed by atoms with Crippen molar-refractivity contribution < 1.29 is 17.8 Å². The molecule has 2 N–H and O–H groups in total. The van der Waals surface area contributed by atoms with Crippen LogP contribution >= 0.6 is 0 Å². The van der Waals surface area contributed by atoms with Crippen molar-refractivity contribution in [2.75, 3.05) is 0 Å². The van der Waals surface area contributed by atoms with E-state index in [0.29, 0.717) is 0 Å². The van der Waals surface area contributed by atoms with Crippen LogP contribution in [0.4, 0.5) is 0 Å². The zero-order valence-corrected chi connectivity index (χ0v) is 7.31. The van der Waals surface area contributed by atoms with Gasteiger partial charge < -0.3 is 5.32 Å². The maximum absolute atomic E-state index is 10.8. The Labute approximate surface area is 70.5 Å². The molecule has 0 aromatic rings. The quantitative estimate of drug-likeness (QED) is 0.487. The molecule has 0 aliphatic heterocycles. The van der Waals surface area contributed by atoms with Gasteiger partial charge in [-0.05, 0) is 6.92 Å². The van der Waals surface area contributed by atoms with E-state index in [2.05, 4.69) is 13.2 Å². The van der Waals surface area contributed by atoms with Crippen LogP contribution in [0.1, 0.15) is 6.92 Å². The van der Waals surface area contributed by atoms with E-state index in [1.54, 1.807) is 0 Å². The maximum Gasteiger partial charge on any atom is 0.309 e. The highest BCUT2D eigenvalue weighted by atomic mass is 32.2. The van der Waals surface area contributed by atoms with Crippen molar-refractivity contribution in [3.05, 3.63) is 23.8 Å². The molecule has 68 valence electrons. The first-order valence-electron chi connectivity index (χ1n) is 2.88. The zero-order chi connectivity index (χ0) is 9.94. The van der Waals surface area contributed by atoms with E-state index in [1.165, 1.54) is 6.92 Å². The third-order valence-electron chi connectivity index (χ3n) is 0.952. The second-order valence-electron chi connectivity index (χ2n) is 2.13. The van der Waals surface area contributed by atoms with E-state index >= 15 is 0 Å². The van der Waals surface area contributed by atoms with Crippen molar-refractivity contribution in [2.45, 2.75) is 6.92 Å². The third-order valence-corrected chi connectivity index (χ3v) is 1.68. The number of hydrogen-bond donors (Lipinski definition) is 2. The molecule has 0 rings (SSSR count). The summed E-state index contributed by atoms with van der Waals surface area (Å²) < 4.78 is 28.9. The second kappa shape index (κ2) is 3.51. The Bertz CT molecular complexity index is 327. The number of amides is 1. The SMILES string of the molecule is C=C(C)C(=O)NC(=C)S(=O)(=O)O. The predicted molar refractivity (Wildman–Crippen MR) is 43.6 cm³/mol. The van der Waals surface area contributed by atoms with Gasteiger partial charge in [0.1, 0.15) is 0 Å². The Morgan fingerprint density at radius 1 is 1.42 bits per heavy atom. The third kappa shape index (κ3) is 3.31. The van der Waals surface area contributed by atoms with E-state index in [-0.39, 0.29) is 5.57 Å². The predicted octanol–water partition coefficient (Wildman–Crippen LogP) is 0.0377. The summed E-state index contributed by atoms with van der Waals surface area (Å²) in [5, 5.41) is 1.09. The van der Waals surface area contributed by atoms with E-state index in [4.69, 9.17) is 4.55 Å². The molecule has 0 bridgehead atoms. The van der Waals surface area contributed by atoms with Crippen LogP contribution in [0.15, 0.2) is 23.8 Å². The highest BCUT2D eigenvalue weighted by Crippen LogP contribution is 1.97. The first kappa shape index (κ1) is 10.9. The fraction of sp³-hybridized carbons (Fsp3) is 0.167. The maximum atomic E-state index is 10.8. The van der Waals surface area contributed by atoms with Gasteiger partial charge in [-0.1, -0.05) is 13.2 Å². The molecule has 12 heavy (non-hydrogen) atoms. The molecule has 0 aliphatic rings. The van der Waals surface area contributed by atoms with Gasteiger partial charge in [-0.15, -0.1) is 0 Å². The van der Waals surface area contributed by atoms with Gasteiger partial charge in [0.2, 0.25) is 0 Å². The van der Waals surface area contributed by atoms with Crippen molar-refractivity contribution in [2.24, 2.45) is 0 Å². The molecule has 6 heteroatoms. The summed E-state index contributed by atoms with van der Waals surface area (Å²) in [6, 6.07) is 0. The molecule has 0 heterocycles. The molecule has 0 spiro atoms. The van der Waals surface area contributed by atoms with Gasteiger partial charge in [0, 0.05) is 5.57 Å². The van der Waals surface area contributed by atoms with Gasteiger partial charge in [-0.2, -0.15) is 8.42 Å². The monoisotopic (exact) mass is 191 g/mol. The Kier molecular flexibility index (Phi) is 3.17. The Morgan fingerprint density at radius 2 is 1.83 bits per heavy atom. The van der Waals surface area contributed by atoms with Crippen LogP contribution < -0.4 is 5.32 Å². The molecule has 5 nitrogen and oxygen atoms in total. The molecule has 0 atom stereocenters. The summed E-state index contributed by atoms with van der Waals surface area (Å²) in [5.74, 6) is -0.697. The lowest BCUT2D eigenvalue weighted by Crippen LogP contribution is -2.26. The van der Waals surface area contributed by atoms with Crippen LogP contribution in [0, 0.1) is 0 Å². The summed E-state index contributed by atoms with van der Waals surface area (Å²) >= 11 is 0. The zero-order valence-electron chi connectivity index (χ0n) is 6.49. The van der Waals surface area contributed by atoms with Gasteiger partial charge in [0.15, 0.2) is 5.03 Å². The van der Waals surface area contributed by atoms with E-state index < -0.39 is 21.1 Å². The van der Waals surface area contributed by atoms with Crippen LogP contribution in [0.25, 0.3) is 0 Å². The van der Waals surface area contributed by atoms with Crippen LogP contribution in [0.3, 0.4) is 0 Å². The van der Waals surface area contributed by atoms with E-state index in [0.717, 1.165) is 0 Å². The highest BCUT2D eigenvalue weighted by molar-refractivity contribution is 7.89. The lowest BCUT2D eigenvalue weighted by Gasteiger charge is -2.03. The first-order chi connectivity index (χ1) is 5.25. The molecule has 0 aromatic heterocycles. The Hall–Kier alpha value is -1.14. The number of hydrogen-bond acceptors (Lipinski definition) is 3. The molecule has 1 amide bonds. The summed E-state index contributed by atoms with van der Waals surface area (Å²) in [4.78, 5) is 10.8. The average Bonchev–Trinajstić information content (AvgIpc) is 1.85. The average molecular weight is 191 g/mol. The van der Waals surface area contributed by atoms with Crippen molar-refractivity contribution in [1.82, 2.24) is 5.32 Å². The summed E-state index contributed by atoms with van der Waals surface area (Å²) in [6.07, 6.45) is 0. The van der Waals surface area contributed by atoms with Gasteiger partial charge in [0.05, 0.1) is 0 Å². The lowest BCUT2D eigenvalue weighted by atomic mass is 10.3. The smallest absolute Gasteiger partial charge is 0.309 e.